The van der Waals surface area contributed by atoms with E-state index in [0.29, 0.717) is 5.75 Å². The van der Waals surface area contributed by atoms with Crippen LogP contribution in [0.5, 0.6) is 0 Å². The van der Waals surface area contributed by atoms with Crippen LogP contribution in [0.15, 0.2) is 22.8 Å². The molecule has 0 aliphatic carbocycles. The third-order valence-electron chi connectivity index (χ3n) is 1.46. The zero-order valence-electron chi connectivity index (χ0n) is 6.02. The second-order valence-electron chi connectivity index (χ2n) is 2.43. The van der Waals surface area contributed by atoms with Crippen LogP contribution in [0.3, 0.4) is 0 Å². The lowest BCUT2D eigenvalue weighted by molar-refractivity contribution is 0.688. The van der Waals surface area contributed by atoms with Gasteiger partial charge in [0, 0.05) is 17.9 Å². The molecule has 1 unspecified atom stereocenters. The number of allylic oxidation sites excluding steroid dienone is 2. The molecule has 1 aliphatic rings. The summed E-state index contributed by atoms with van der Waals surface area (Å²) in [5.41, 5.74) is 7.19. The molecule has 56 valence electrons. The Kier molecular flexibility index (Phi) is 1.94. The molecule has 0 aromatic carbocycles. The quantitative estimate of drug-likeness (QED) is 0.614. The smallest absolute Gasteiger partial charge is 0.0598 e. The lowest BCUT2D eigenvalue weighted by Crippen LogP contribution is -1.97. The van der Waals surface area contributed by atoms with E-state index in [1.165, 1.54) is 0 Å². The zero-order chi connectivity index (χ0) is 7.72. The molecule has 1 aliphatic heterocycles. The monoisotopic (exact) mass is 157 g/mol. The molecule has 0 amide bonds. The summed E-state index contributed by atoms with van der Waals surface area (Å²) in [7, 11) is -0.866. The van der Waals surface area contributed by atoms with Crippen molar-refractivity contribution in [2.45, 2.75) is 13.3 Å². The first kappa shape index (κ1) is 7.54. The zero-order valence-corrected chi connectivity index (χ0v) is 6.83. The van der Waals surface area contributed by atoms with Crippen molar-refractivity contribution in [3.63, 3.8) is 0 Å². The fourth-order valence-corrected chi connectivity index (χ4v) is 2.43. The summed E-state index contributed by atoms with van der Waals surface area (Å²) < 4.78 is 11.1. The predicted octanol–water partition coefficient (Wildman–Crippen LogP) is 0.885. The van der Waals surface area contributed by atoms with Gasteiger partial charge in [-0.15, -0.1) is 0 Å². The van der Waals surface area contributed by atoms with Crippen molar-refractivity contribution >= 4 is 10.8 Å². The van der Waals surface area contributed by atoms with E-state index in [1.807, 2.05) is 6.92 Å². The van der Waals surface area contributed by atoms with Gasteiger partial charge < -0.3 is 5.73 Å². The van der Waals surface area contributed by atoms with Gasteiger partial charge >= 0.3 is 0 Å². The highest BCUT2D eigenvalue weighted by molar-refractivity contribution is 7.89. The van der Waals surface area contributed by atoms with Crippen molar-refractivity contribution in [2.75, 3.05) is 5.75 Å². The first-order valence-corrected chi connectivity index (χ1v) is 4.47. The lowest BCUT2D eigenvalue weighted by Gasteiger charge is -1.98. The van der Waals surface area contributed by atoms with Crippen LogP contribution in [0.1, 0.15) is 13.3 Å². The van der Waals surface area contributed by atoms with E-state index in [0.717, 1.165) is 22.6 Å². The minimum atomic E-state index is -0.866. The largest absolute Gasteiger partial charge is 0.401 e. The Bertz CT molecular complexity index is 230. The van der Waals surface area contributed by atoms with Crippen molar-refractivity contribution < 1.29 is 4.21 Å². The van der Waals surface area contributed by atoms with Gasteiger partial charge in [0.1, 0.15) is 0 Å². The van der Waals surface area contributed by atoms with Crippen LogP contribution in [0.2, 0.25) is 0 Å². The molecule has 1 rings (SSSR count). The van der Waals surface area contributed by atoms with E-state index in [1.54, 1.807) is 0 Å². The van der Waals surface area contributed by atoms with Gasteiger partial charge in [-0.25, -0.2) is 0 Å². The number of hydrogen-bond acceptors (Lipinski definition) is 2. The highest BCUT2D eigenvalue weighted by Crippen LogP contribution is 2.23. The SMILES string of the molecule is C=C(C)C1=C(N)CCS1=O. The third kappa shape index (κ3) is 1.14. The summed E-state index contributed by atoms with van der Waals surface area (Å²) >= 11 is 0. The number of nitrogens with two attached hydrogens (primary N) is 1. The first-order valence-electron chi connectivity index (χ1n) is 3.16. The lowest BCUT2D eigenvalue weighted by atomic mass is 10.2. The van der Waals surface area contributed by atoms with Crippen molar-refractivity contribution in [1.29, 1.82) is 0 Å². The van der Waals surface area contributed by atoms with E-state index < -0.39 is 10.8 Å². The Balaban J connectivity index is 2.99. The molecule has 2 nitrogen and oxygen atoms in total. The Hall–Kier alpha value is -0.570. The minimum absolute atomic E-state index is 0.675. The van der Waals surface area contributed by atoms with Crippen LogP contribution >= 0.6 is 0 Å². The summed E-state index contributed by atoms with van der Waals surface area (Å²) in [5.74, 6) is 0.675. The standard InChI is InChI=1S/C7H11NOS/c1-5(2)7-6(8)3-4-10(7)9/h1,3-4,8H2,2H3. The fourth-order valence-electron chi connectivity index (χ4n) is 1.03. The summed E-state index contributed by atoms with van der Waals surface area (Å²) in [6, 6.07) is 0. The van der Waals surface area contributed by atoms with Crippen molar-refractivity contribution in [3.8, 4) is 0 Å². The highest BCUT2D eigenvalue weighted by Gasteiger charge is 2.19. The van der Waals surface area contributed by atoms with E-state index in [-0.39, 0.29) is 0 Å². The average Bonchev–Trinajstić information content (AvgIpc) is 2.11. The molecule has 0 fully saturated rings. The van der Waals surface area contributed by atoms with Crippen LogP contribution in [-0.4, -0.2) is 9.96 Å². The molecular formula is C7H11NOS. The van der Waals surface area contributed by atoms with Gasteiger partial charge in [-0.1, -0.05) is 6.58 Å². The van der Waals surface area contributed by atoms with E-state index in [2.05, 4.69) is 6.58 Å². The predicted molar refractivity (Wildman–Crippen MR) is 43.7 cm³/mol. The molecule has 0 saturated heterocycles. The molecule has 0 radical (unpaired) electrons. The van der Waals surface area contributed by atoms with Gasteiger partial charge in [0.15, 0.2) is 0 Å². The summed E-state index contributed by atoms with van der Waals surface area (Å²) in [6.45, 7) is 5.55. The molecule has 10 heavy (non-hydrogen) atoms. The molecule has 2 N–H and O–H groups in total. The van der Waals surface area contributed by atoms with Crippen LogP contribution in [-0.2, 0) is 10.8 Å². The molecule has 1 heterocycles. The van der Waals surface area contributed by atoms with Gasteiger partial charge in [-0.2, -0.15) is 0 Å². The third-order valence-corrected chi connectivity index (χ3v) is 3.10. The maximum Gasteiger partial charge on any atom is 0.0598 e. The van der Waals surface area contributed by atoms with Crippen molar-refractivity contribution in [1.82, 2.24) is 0 Å². The van der Waals surface area contributed by atoms with E-state index in [4.69, 9.17) is 5.73 Å². The van der Waals surface area contributed by atoms with Crippen LogP contribution in [0, 0.1) is 0 Å². The number of hydrogen-bond donors (Lipinski definition) is 1. The molecule has 0 saturated carbocycles. The highest BCUT2D eigenvalue weighted by atomic mass is 32.2. The van der Waals surface area contributed by atoms with Crippen LogP contribution < -0.4 is 5.73 Å². The van der Waals surface area contributed by atoms with Gasteiger partial charge in [-0.3, -0.25) is 4.21 Å². The van der Waals surface area contributed by atoms with E-state index in [9.17, 15) is 4.21 Å². The van der Waals surface area contributed by atoms with E-state index >= 15 is 0 Å². The minimum Gasteiger partial charge on any atom is -0.401 e. The van der Waals surface area contributed by atoms with Gasteiger partial charge in [0.2, 0.25) is 0 Å². The molecule has 0 spiro atoms. The summed E-state index contributed by atoms with van der Waals surface area (Å²) in [4.78, 5) is 0.778. The maximum atomic E-state index is 11.1. The molecule has 0 bridgehead atoms. The first-order chi connectivity index (χ1) is 4.63. The fraction of sp³-hybridized carbons (Fsp3) is 0.429. The topological polar surface area (TPSA) is 43.1 Å². The Morgan fingerprint density at radius 3 is 2.60 bits per heavy atom. The molecular weight excluding hydrogens is 146 g/mol. The average molecular weight is 157 g/mol. The maximum absolute atomic E-state index is 11.1. The second kappa shape index (κ2) is 2.58. The second-order valence-corrected chi connectivity index (χ2v) is 3.94. The Morgan fingerprint density at radius 1 is 1.80 bits per heavy atom. The van der Waals surface area contributed by atoms with Crippen molar-refractivity contribution in [2.24, 2.45) is 5.73 Å². The van der Waals surface area contributed by atoms with Crippen LogP contribution in [0.25, 0.3) is 0 Å². The Morgan fingerprint density at radius 2 is 2.40 bits per heavy atom. The van der Waals surface area contributed by atoms with Gasteiger partial charge in [0.05, 0.1) is 15.7 Å². The van der Waals surface area contributed by atoms with Crippen LogP contribution in [0.4, 0.5) is 0 Å². The van der Waals surface area contributed by atoms with Crippen molar-refractivity contribution in [3.05, 3.63) is 22.8 Å². The molecule has 3 heteroatoms. The molecule has 0 aromatic rings. The summed E-state index contributed by atoms with van der Waals surface area (Å²) in [6.07, 6.45) is 0.759. The normalized spacial score (nSPS) is 25.5. The Labute approximate surface area is 63.3 Å². The molecule has 1 atom stereocenters. The number of rotatable bonds is 1. The van der Waals surface area contributed by atoms with Gasteiger partial charge in [0.25, 0.3) is 0 Å². The summed E-state index contributed by atoms with van der Waals surface area (Å²) in [5, 5.41) is 0. The molecule has 0 aromatic heterocycles. The van der Waals surface area contributed by atoms with Gasteiger partial charge in [-0.05, 0) is 12.5 Å².